The van der Waals surface area contributed by atoms with Gasteiger partial charge in [-0.15, -0.1) is 0 Å². The van der Waals surface area contributed by atoms with Crippen LogP contribution in [-0.2, 0) is 14.6 Å². The molecule has 1 atom stereocenters. The molecule has 0 amide bonds. The molecule has 0 radical (unpaired) electrons. The molecule has 3 nitrogen and oxygen atoms in total. The molecule has 0 spiro atoms. The zero-order valence-corrected chi connectivity index (χ0v) is 8.51. The van der Waals surface area contributed by atoms with Crippen molar-refractivity contribution in [2.24, 2.45) is 0 Å². The summed E-state index contributed by atoms with van der Waals surface area (Å²) in [6, 6.07) is 0. The fourth-order valence-corrected chi connectivity index (χ4v) is 3.08. The summed E-state index contributed by atoms with van der Waals surface area (Å²) in [4.78, 5) is 11.0. The molecular formula is C9H14O3S. The second-order valence-electron chi connectivity index (χ2n) is 3.32. The Morgan fingerprint density at radius 2 is 2.15 bits per heavy atom. The van der Waals surface area contributed by atoms with Gasteiger partial charge in [-0.1, -0.05) is 6.08 Å². The van der Waals surface area contributed by atoms with Crippen molar-refractivity contribution in [1.82, 2.24) is 0 Å². The molecule has 0 aromatic carbocycles. The predicted molar refractivity (Wildman–Crippen MR) is 51.0 cm³/mol. The predicted octanol–water partition coefficient (Wildman–Crippen LogP) is 1.45. The smallest absolute Gasteiger partial charge is 0.174 e. The molecule has 0 N–H and O–H groups in total. The van der Waals surface area contributed by atoms with E-state index >= 15 is 0 Å². The minimum absolute atomic E-state index is 0.0735. The summed E-state index contributed by atoms with van der Waals surface area (Å²) in [5, 5.41) is 0.737. The van der Waals surface area contributed by atoms with Crippen LogP contribution < -0.4 is 0 Å². The summed E-state index contributed by atoms with van der Waals surface area (Å²) in [7, 11) is -3.17. The van der Waals surface area contributed by atoms with E-state index < -0.39 is 15.1 Å². The maximum Gasteiger partial charge on any atom is 0.174 e. The van der Waals surface area contributed by atoms with Gasteiger partial charge < -0.3 is 0 Å². The Morgan fingerprint density at radius 1 is 1.46 bits per heavy atom. The maximum absolute atomic E-state index is 11.5. The van der Waals surface area contributed by atoms with Crippen LogP contribution in [0.1, 0.15) is 32.6 Å². The van der Waals surface area contributed by atoms with Gasteiger partial charge in [0.25, 0.3) is 0 Å². The number of hydrogen-bond acceptors (Lipinski definition) is 3. The van der Waals surface area contributed by atoms with Gasteiger partial charge in [0.2, 0.25) is 0 Å². The molecular weight excluding hydrogens is 188 g/mol. The Bertz CT molecular complexity index is 314. The van der Waals surface area contributed by atoms with Crippen LogP contribution in [0.2, 0.25) is 0 Å². The molecule has 0 aromatic rings. The van der Waals surface area contributed by atoms with E-state index in [4.69, 9.17) is 0 Å². The van der Waals surface area contributed by atoms with E-state index in [2.05, 4.69) is 0 Å². The van der Waals surface area contributed by atoms with Crippen LogP contribution in [0.15, 0.2) is 11.5 Å². The number of carbonyl (C=O) groups excluding carboxylic acids is 1. The van der Waals surface area contributed by atoms with Crippen LogP contribution >= 0.6 is 0 Å². The van der Waals surface area contributed by atoms with Crippen molar-refractivity contribution in [3.8, 4) is 0 Å². The molecule has 1 fully saturated rings. The second kappa shape index (κ2) is 4.05. The summed E-state index contributed by atoms with van der Waals surface area (Å²) in [5.74, 6) is 0.0735. The Labute approximate surface area is 78.8 Å². The lowest BCUT2D eigenvalue weighted by Crippen LogP contribution is -2.26. The average molecular weight is 202 g/mol. The molecule has 1 saturated carbocycles. The number of hydrogen-bond donors (Lipinski definition) is 0. The quantitative estimate of drug-likeness (QED) is 0.681. The molecule has 0 aromatic heterocycles. The van der Waals surface area contributed by atoms with Crippen molar-refractivity contribution in [2.75, 3.05) is 0 Å². The molecule has 0 aliphatic heterocycles. The lowest BCUT2D eigenvalue weighted by Gasteiger charge is -2.18. The number of carbonyl (C=O) groups is 1. The molecule has 1 unspecified atom stereocenters. The van der Waals surface area contributed by atoms with Crippen molar-refractivity contribution >= 4 is 15.6 Å². The largest absolute Gasteiger partial charge is 0.300 e. The monoisotopic (exact) mass is 202 g/mol. The molecule has 4 heteroatoms. The summed E-state index contributed by atoms with van der Waals surface area (Å²) >= 11 is 0. The standard InChI is InChI=1S/C9H14O3S/c1-2-6-13(11,12)9-5-3-4-8(10)7-9/h2,6,9H,3-5,7H2,1H3/b6-2+. The van der Waals surface area contributed by atoms with Gasteiger partial charge in [0.05, 0.1) is 5.25 Å². The van der Waals surface area contributed by atoms with Crippen molar-refractivity contribution < 1.29 is 13.2 Å². The average Bonchev–Trinajstić information content (AvgIpc) is 2.04. The van der Waals surface area contributed by atoms with E-state index in [0.717, 1.165) is 0 Å². The van der Waals surface area contributed by atoms with E-state index in [1.54, 1.807) is 6.92 Å². The van der Waals surface area contributed by atoms with E-state index in [-0.39, 0.29) is 12.2 Å². The first-order chi connectivity index (χ1) is 6.06. The number of allylic oxidation sites excluding steroid dienone is 1. The molecule has 0 bridgehead atoms. The molecule has 0 heterocycles. The minimum Gasteiger partial charge on any atom is -0.300 e. The van der Waals surface area contributed by atoms with Gasteiger partial charge in [0.1, 0.15) is 5.78 Å². The van der Waals surface area contributed by atoms with Crippen LogP contribution in [0.25, 0.3) is 0 Å². The zero-order valence-electron chi connectivity index (χ0n) is 7.69. The van der Waals surface area contributed by atoms with Crippen molar-refractivity contribution in [3.63, 3.8) is 0 Å². The van der Waals surface area contributed by atoms with Gasteiger partial charge in [0.15, 0.2) is 9.84 Å². The molecule has 13 heavy (non-hydrogen) atoms. The molecule has 1 aliphatic carbocycles. The van der Waals surface area contributed by atoms with E-state index in [0.29, 0.717) is 19.3 Å². The SMILES string of the molecule is C/C=C/S(=O)(=O)C1CCCC(=O)C1. The van der Waals surface area contributed by atoms with E-state index in [1.165, 1.54) is 11.5 Å². The Morgan fingerprint density at radius 3 is 2.69 bits per heavy atom. The first kappa shape index (κ1) is 10.4. The Balaban J connectivity index is 2.76. The van der Waals surface area contributed by atoms with Gasteiger partial charge in [-0.05, 0) is 19.8 Å². The summed E-state index contributed by atoms with van der Waals surface area (Å²) in [5.41, 5.74) is 0. The van der Waals surface area contributed by atoms with Crippen LogP contribution in [0, 0.1) is 0 Å². The minimum atomic E-state index is -3.17. The first-order valence-electron chi connectivity index (χ1n) is 4.44. The fourth-order valence-electron chi connectivity index (χ4n) is 1.57. The first-order valence-corrected chi connectivity index (χ1v) is 6.05. The number of rotatable bonds is 2. The summed E-state index contributed by atoms with van der Waals surface area (Å²) in [6.45, 7) is 1.67. The number of ketones is 1. The summed E-state index contributed by atoms with van der Waals surface area (Å²) in [6.07, 6.45) is 3.58. The normalized spacial score (nSPS) is 25.3. The lowest BCUT2D eigenvalue weighted by molar-refractivity contribution is -0.120. The van der Waals surface area contributed by atoms with Crippen LogP contribution in [0.3, 0.4) is 0 Å². The second-order valence-corrected chi connectivity index (χ2v) is 5.43. The Hall–Kier alpha value is -0.640. The van der Waals surface area contributed by atoms with Crippen LogP contribution in [0.4, 0.5) is 0 Å². The molecule has 1 rings (SSSR count). The third-order valence-corrected chi connectivity index (χ3v) is 4.21. The van der Waals surface area contributed by atoms with Crippen LogP contribution in [-0.4, -0.2) is 19.5 Å². The fraction of sp³-hybridized carbons (Fsp3) is 0.667. The number of Topliss-reactive ketones (excluding diaryl/α,β-unsaturated/α-hetero) is 1. The summed E-state index contributed by atoms with van der Waals surface area (Å²) < 4.78 is 23.0. The van der Waals surface area contributed by atoms with Gasteiger partial charge in [-0.2, -0.15) is 0 Å². The van der Waals surface area contributed by atoms with Crippen LogP contribution in [0.5, 0.6) is 0 Å². The van der Waals surface area contributed by atoms with Gasteiger partial charge in [-0.3, -0.25) is 4.79 Å². The highest BCUT2D eigenvalue weighted by Gasteiger charge is 2.28. The van der Waals surface area contributed by atoms with Crippen molar-refractivity contribution in [2.45, 2.75) is 37.9 Å². The van der Waals surface area contributed by atoms with Gasteiger partial charge in [0, 0.05) is 18.2 Å². The van der Waals surface area contributed by atoms with Crippen molar-refractivity contribution in [1.29, 1.82) is 0 Å². The van der Waals surface area contributed by atoms with E-state index in [1.807, 2.05) is 0 Å². The van der Waals surface area contributed by atoms with Gasteiger partial charge in [-0.25, -0.2) is 8.42 Å². The van der Waals surface area contributed by atoms with Crippen molar-refractivity contribution in [3.05, 3.63) is 11.5 Å². The third-order valence-electron chi connectivity index (χ3n) is 2.23. The van der Waals surface area contributed by atoms with Gasteiger partial charge >= 0.3 is 0 Å². The molecule has 0 saturated heterocycles. The maximum atomic E-state index is 11.5. The molecule has 1 aliphatic rings. The lowest BCUT2D eigenvalue weighted by atomic mass is 9.99. The third kappa shape index (κ3) is 2.66. The Kier molecular flexibility index (Phi) is 3.25. The molecule has 74 valence electrons. The highest BCUT2D eigenvalue weighted by molar-refractivity contribution is 7.94. The van der Waals surface area contributed by atoms with E-state index in [9.17, 15) is 13.2 Å². The zero-order chi connectivity index (χ0) is 9.90. The highest BCUT2D eigenvalue weighted by atomic mass is 32.2. The topological polar surface area (TPSA) is 51.2 Å². The number of sulfone groups is 1. The highest BCUT2D eigenvalue weighted by Crippen LogP contribution is 2.22.